The van der Waals surface area contributed by atoms with Crippen LogP contribution in [0.15, 0.2) is 23.1 Å². The summed E-state index contributed by atoms with van der Waals surface area (Å²) in [5.41, 5.74) is 0.969. The Morgan fingerprint density at radius 1 is 1.33 bits per heavy atom. The molecule has 21 heavy (non-hydrogen) atoms. The second kappa shape index (κ2) is 5.88. The number of hydrogen-bond donors (Lipinski definition) is 1. The van der Waals surface area contributed by atoms with Gasteiger partial charge >= 0.3 is 0 Å². The van der Waals surface area contributed by atoms with Crippen LogP contribution in [0.25, 0.3) is 0 Å². The molecule has 0 aromatic heterocycles. The summed E-state index contributed by atoms with van der Waals surface area (Å²) in [6.07, 6.45) is 4.26. The lowest BCUT2D eigenvalue weighted by Crippen LogP contribution is -2.34. The third kappa shape index (κ3) is 3.26. The smallest absolute Gasteiger partial charge is 0.244 e. The van der Waals surface area contributed by atoms with E-state index in [2.05, 4.69) is 5.32 Å². The first-order chi connectivity index (χ1) is 9.98. The van der Waals surface area contributed by atoms with E-state index in [1.165, 1.54) is 12.8 Å². The fourth-order valence-corrected chi connectivity index (χ4v) is 5.02. The molecule has 1 saturated heterocycles. The van der Waals surface area contributed by atoms with Gasteiger partial charge in [0.05, 0.1) is 5.02 Å². The third-order valence-electron chi connectivity index (χ3n) is 4.25. The van der Waals surface area contributed by atoms with Crippen LogP contribution in [0.3, 0.4) is 0 Å². The molecule has 1 saturated carbocycles. The molecule has 0 amide bonds. The lowest BCUT2D eigenvalue weighted by molar-refractivity contribution is 0.408. The topological polar surface area (TPSA) is 49.4 Å². The molecule has 3 rings (SSSR count). The second-order valence-corrected chi connectivity index (χ2v) is 8.29. The summed E-state index contributed by atoms with van der Waals surface area (Å²) in [4.78, 5) is 0.244. The molecule has 1 heterocycles. The predicted octanol–water partition coefficient (Wildman–Crippen LogP) is 2.77. The van der Waals surface area contributed by atoms with Gasteiger partial charge in [-0.05, 0) is 50.3 Å². The summed E-state index contributed by atoms with van der Waals surface area (Å²) < 4.78 is 27.2. The van der Waals surface area contributed by atoms with Crippen LogP contribution in [0.4, 0.5) is 0 Å². The van der Waals surface area contributed by atoms with E-state index in [9.17, 15) is 8.42 Å². The third-order valence-corrected chi connectivity index (χ3v) is 6.74. The summed E-state index contributed by atoms with van der Waals surface area (Å²) in [6.45, 7) is 3.24. The number of rotatable bonds is 5. The number of nitrogens with zero attached hydrogens (tertiary/aromatic N) is 1. The van der Waals surface area contributed by atoms with Gasteiger partial charge in [0.25, 0.3) is 0 Å². The fraction of sp³-hybridized carbons (Fsp3) is 0.600. The Morgan fingerprint density at radius 2 is 2.10 bits per heavy atom. The summed E-state index contributed by atoms with van der Waals surface area (Å²) in [5.74, 6) is 0. The first-order valence-electron chi connectivity index (χ1n) is 7.52. The second-order valence-electron chi connectivity index (χ2n) is 6.03. The summed E-state index contributed by atoms with van der Waals surface area (Å²) >= 11 is 6.16. The van der Waals surface area contributed by atoms with E-state index in [-0.39, 0.29) is 10.9 Å². The molecule has 1 atom stereocenters. The zero-order chi connectivity index (χ0) is 15.0. The van der Waals surface area contributed by atoms with E-state index < -0.39 is 10.0 Å². The highest BCUT2D eigenvalue weighted by atomic mass is 35.5. The molecule has 1 aromatic carbocycles. The molecule has 2 fully saturated rings. The van der Waals surface area contributed by atoms with Crippen molar-refractivity contribution < 1.29 is 8.42 Å². The highest BCUT2D eigenvalue weighted by Crippen LogP contribution is 2.31. The van der Waals surface area contributed by atoms with Crippen LogP contribution in [0, 0.1) is 0 Å². The molecule has 0 radical (unpaired) electrons. The van der Waals surface area contributed by atoms with Crippen LogP contribution in [-0.2, 0) is 16.6 Å². The van der Waals surface area contributed by atoms with Crippen molar-refractivity contribution in [3.05, 3.63) is 28.8 Å². The maximum atomic E-state index is 12.8. The van der Waals surface area contributed by atoms with Gasteiger partial charge in [-0.3, -0.25) is 0 Å². The zero-order valence-electron chi connectivity index (χ0n) is 12.2. The van der Waals surface area contributed by atoms with Crippen LogP contribution in [0.2, 0.25) is 5.02 Å². The van der Waals surface area contributed by atoms with Crippen molar-refractivity contribution in [1.29, 1.82) is 0 Å². The minimum Gasteiger partial charge on any atom is -0.310 e. The summed E-state index contributed by atoms with van der Waals surface area (Å²) in [6, 6.07) is 5.96. The molecule has 1 unspecified atom stereocenters. The summed E-state index contributed by atoms with van der Waals surface area (Å²) in [5, 5.41) is 3.71. The van der Waals surface area contributed by atoms with Crippen molar-refractivity contribution in [3.63, 3.8) is 0 Å². The SMILES string of the molecule is CC1CCCN1S(=O)(=O)c1cc(CNC2CC2)ccc1Cl. The lowest BCUT2D eigenvalue weighted by atomic mass is 10.2. The van der Waals surface area contributed by atoms with E-state index in [1.54, 1.807) is 16.4 Å². The lowest BCUT2D eigenvalue weighted by Gasteiger charge is -2.22. The first-order valence-corrected chi connectivity index (χ1v) is 9.34. The van der Waals surface area contributed by atoms with E-state index in [0.29, 0.717) is 24.2 Å². The van der Waals surface area contributed by atoms with E-state index in [1.807, 2.05) is 13.0 Å². The van der Waals surface area contributed by atoms with Crippen molar-refractivity contribution in [2.45, 2.75) is 56.1 Å². The molecule has 1 aromatic rings. The Morgan fingerprint density at radius 3 is 2.71 bits per heavy atom. The van der Waals surface area contributed by atoms with Crippen LogP contribution < -0.4 is 5.32 Å². The molecule has 1 aliphatic heterocycles. The van der Waals surface area contributed by atoms with Crippen molar-refractivity contribution >= 4 is 21.6 Å². The van der Waals surface area contributed by atoms with E-state index in [0.717, 1.165) is 18.4 Å². The Hall–Kier alpha value is -0.620. The van der Waals surface area contributed by atoms with Gasteiger partial charge in [-0.25, -0.2) is 8.42 Å². The van der Waals surface area contributed by atoms with Gasteiger partial charge in [-0.15, -0.1) is 0 Å². The minimum absolute atomic E-state index is 0.0549. The number of halogens is 1. The van der Waals surface area contributed by atoms with E-state index in [4.69, 9.17) is 11.6 Å². The maximum absolute atomic E-state index is 12.8. The Balaban J connectivity index is 1.86. The molecular formula is C15H21ClN2O2S. The molecule has 0 bridgehead atoms. The predicted molar refractivity (Wildman–Crippen MR) is 83.9 cm³/mol. The molecule has 2 aliphatic rings. The van der Waals surface area contributed by atoms with Gasteiger partial charge in [0, 0.05) is 25.2 Å². The number of hydrogen-bond acceptors (Lipinski definition) is 3. The Labute approximate surface area is 131 Å². The average molecular weight is 329 g/mol. The maximum Gasteiger partial charge on any atom is 0.244 e. The molecule has 0 spiro atoms. The highest BCUT2D eigenvalue weighted by molar-refractivity contribution is 7.89. The van der Waals surface area contributed by atoms with Crippen molar-refractivity contribution in [2.24, 2.45) is 0 Å². The Kier molecular flexibility index (Phi) is 4.28. The summed E-state index contributed by atoms with van der Waals surface area (Å²) in [7, 11) is -3.49. The number of sulfonamides is 1. The van der Waals surface area contributed by atoms with Crippen LogP contribution in [-0.4, -0.2) is 31.4 Å². The van der Waals surface area contributed by atoms with Crippen molar-refractivity contribution in [1.82, 2.24) is 9.62 Å². The van der Waals surface area contributed by atoms with Gasteiger partial charge < -0.3 is 5.32 Å². The molecular weight excluding hydrogens is 308 g/mol. The van der Waals surface area contributed by atoms with Crippen molar-refractivity contribution in [2.75, 3.05) is 6.54 Å². The molecule has 116 valence electrons. The molecule has 1 aliphatic carbocycles. The molecule has 1 N–H and O–H groups in total. The average Bonchev–Trinajstić information content (AvgIpc) is 3.17. The van der Waals surface area contributed by atoms with Gasteiger partial charge in [0.15, 0.2) is 0 Å². The number of benzene rings is 1. The Bertz CT molecular complexity index is 629. The zero-order valence-corrected chi connectivity index (χ0v) is 13.8. The van der Waals surface area contributed by atoms with Gasteiger partial charge in [0.1, 0.15) is 4.90 Å². The normalized spacial score (nSPS) is 23.6. The standard InChI is InChI=1S/C15H21ClN2O2S/c1-11-3-2-8-18(11)21(19,20)15-9-12(4-7-14(15)16)10-17-13-5-6-13/h4,7,9,11,13,17H,2-3,5-6,8,10H2,1H3. The highest BCUT2D eigenvalue weighted by Gasteiger charge is 2.34. The largest absolute Gasteiger partial charge is 0.310 e. The monoisotopic (exact) mass is 328 g/mol. The fourth-order valence-electron chi connectivity index (χ4n) is 2.80. The minimum atomic E-state index is -3.49. The van der Waals surface area contributed by atoms with Crippen molar-refractivity contribution in [3.8, 4) is 0 Å². The number of nitrogens with one attached hydrogen (secondary N) is 1. The molecule has 6 heteroatoms. The van der Waals surface area contributed by atoms with E-state index >= 15 is 0 Å². The van der Waals surface area contributed by atoms with Gasteiger partial charge in [-0.1, -0.05) is 17.7 Å². The van der Waals surface area contributed by atoms with Crippen LogP contribution >= 0.6 is 11.6 Å². The quantitative estimate of drug-likeness (QED) is 0.904. The van der Waals surface area contributed by atoms with Gasteiger partial charge in [0.2, 0.25) is 10.0 Å². The first kappa shape index (κ1) is 15.3. The molecule has 4 nitrogen and oxygen atoms in total. The van der Waals surface area contributed by atoms with Gasteiger partial charge in [-0.2, -0.15) is 4.31 Å². The van der Waals surface area contributed by atoms with Crippen LogP contribution in [0.1, 0.15) is 38.2 Å². The van der Waals surface area contributed by atoms with Crippen LogP contribution in [0.5, 0.6) is 0 Å².